The smallest absolute Gasteiger partial charge is 0.320 e. The van der Waals surface area contributed by atoms with Crippen LogP contribution in [0, 0.1) is 5.92 Å². The van der Waals surface area contributed by atoms with E-state index in [0.717, 1.165) is 0 Å². The first-order valence-corrected chi connectivity index (χ1v) is 5.26. The zero-order valence-corrected chi connectivity index (χ0v) is 10.2. The lowest BCUT2D eigenvalue weighted by Gasteiger charge is -2.38. The molecule has 7 heteroatoms. The van der Waals surface area contributed by atoms with E-state index in [4.69, 9.17) is 5.11 Å². The molecule has 0 radical (unpaired) electrons. The monoisotopic (exact) mass is 243 g/mol. The molecular formula is C10H17N3O4. The summed E-state index contributed by atoms with van der Waals surface area (Å²) in [4.78, 5) is 37.8. The molecule has 1 N–H and O–H groups in total. The molecule has 1 aliphatic heterocycles. The molecule has 0 aliphatic carbocycles. The van der Waals surface area contributed by atoms with E-state index < -0.39 is 11.9 Å². The lowest BCUT2D eigenvalue weighted by molar-refractivity contribution is -0.146. The van der Waals surface area contributed by atoms with Crippen molar-refractivity contribution in [2.75, 3.05) is 40.8 Å². The second-order valence-corrected chi connectivity index (χ2v) is 4.37. The van der Waals surface area contributed by atoms with Crippen LogP contribution in [0.15, 0.2) is 0 Å². The summed E-state index contributed by atoms with van der Waals surface area (Å²) >= 11 is 0. The Morgan fingerprint density at radius 1 is 1.24 bits per heavy atom. The van der Waals surface area contributed by atoms with Gasteiger partial charge in [0.15, 0.2) is 0 Å². The molecule has 0 atom stereocenters. The first kappa shape index (κ1) is 13.3. The molecule has 96 valence electrons. The molecule has 0 saturated carbocycles. The van der Waals surface area contributed by atoms with Gasteiger partial charge in [0.1, 0.15) is 6.54 Å². The van der Waals surface area contributed by atoms with Crippen LogP contribution in [0.3, 0.4) is 0 Å². The van der Waals surface area contributed by atoms with Crippen molar-refractivity contribution in [2.24, 2.45) is 5.92 Å². The van der Waals surface area contributed by atoms with E-state index in [-0.39, 0.29) is 31.6 Å². The van der Waals surface area contributed by atoms with Crippen LogP contribution in [0.1, 0.15) is 0 Å². The van der Waals surface area contributed by atoms with Gasteiger partial charge in [0.05, 0.1) is 5.92 Å². The van der Waals surface area contributed by atoms with Gasteiger partial charge in [-0.3, -0.25) is 9.59 Å². The average molecular weight is 243 g/mol. The largest absolute Gasteiger partial charge is 0.481 e. The molecule has 7 nitrogen and oxygen atoms in total. The third-order valence-electron chi connectivity index (χ3n) is 2.70. The maximum absolute atomic E-state index is 11.7. The Hall–Kier alpha value is -1.79. The van der Waals surface area contributed by atoms with Gasteiger partial charge < -0.3 is 19.8 Å². The molecule has 1 saturated heterocycles. The van der Waals surface area contributed by atoms with E-state index in [1.807, 2.05) is 0 Å². The van der Waals surface area contributed by atoms with E-state index in [1.54, 1.807) is 14.1 Å². The molecule has 0 aromatic heterocycles. The van der Waals surface area contributed by atoms with Crippen LogP contribution in [0.2, 0.25) is 0 Å². The minimum absolute atomic E-state index is 0.0000709. The number of likely N-dealkylation sites (N-methyl/N-ethyl adjacent to an activating group) is 2. The summed E-state index contributed by atoms with van der Waals surface area (Å²) in [6.07, 6.45) is 0. The first-order valence-electron chi connectivity index (χ1n) is 5.26. The number of hydrogen-bond acceptors (Lipinski definition) is 3. The number of urea groups is 1. The van der Waals surface area contributed by atoms with E-state index in [1.165, 1.54) is 21.7 Å². The van der Waals surface area contributed by atoms with Gasteiger partial charge in [-0.1, -0.05) is 0 Å². The van der Waals surface area contributed by atoms with Crippen molar-refractivity contribution in [1.82, 2.24) is 14.7 Å². The van der Waals surface area contributed by atoms with E-state index in [0.29, 0.717) is 0 Å². The highest BCUT2D eigenvalue weighted by Crippen LogP contribution is 2.16. The first-order chi connectivity index (χ1) is 7.82. The second-order valence-electron chi connectivity index (χ2n) is 4.37. The van der Waals surface area contributed by atoms with Crippen LogP contribution >= 0.6 is 0 Å². The van der Waals surface area contributed by atoms with Crippen molar-refractivity contribution in [3.63, 3.8) is 0 Å². The molecule has 3 amide bonds. The van der Waals surface area contributed by atoms with Gasteiger partial charge in [-0.05, 0) is 0 Å². The number of carboxylic acids is 1. The van der Waals surface area contributed by atoms with Gasteiger partial charge >= 0.3 is 12.0 Å². The van der Waals surface area contributed by atoms with Crippen molar-refractivity contribution in [1.29, 1.82) is 0 Å². The fourth-order valence-corrected chi connectivity index (χ4v) is 1.44. The van der Waals surface area contributed by atoms with Crippen LogP contribution in [-0.4, -0.2) is 78.5 Å². The maximum Gasteiger partial charge on any atom is 0.320 e. The number of hydrogen-bond donors (Lipinski definition) is 1. The number of carbonyl (C=O) groups is 3. The number of amides is 3. The number of aliphatic carboxylic acids is 1. The fourth-order valence-electron chi connectivity index (χ4n) is 1.44. The summed E-state index contributed by atoms with van der Waals surface area (Å²) in [6, 6.07) is -0.308. The molecule has 0 aromatic rings. The number of carboxylic acid groups (broad SMARTS) is 1. The van der Waals surface area contributed by atoms with Crippen LogP contribution in [-0.2, 0) is 9.59 Å². The van der Waals surface area contributed by atoms with Crippen molar-refractivity contribution >= 4 is 17.9 Å². The molecule has 0 unspecified atom stereocenters. The molecule has 0 spiro atoms. The highest BCUT2D eigenvalue weighted by atomic mass is 16.4. The Morgan fingerprint density at radius 2 is 1.76 bits per heavy atom. The van der Waals surface area contributed by atoms with Gasteiger partial charge in [0, 0.05) is 34.2 Å². The number of carbonyl (C=O) groups excluding carboxylic acids is 2. The topological polar surface area (TPSA) is 81.2 Å². The Labute approximate surface area is 99.6 Å². The van der Waals surface area contributed by atoms with Crippen LogP contribution in [0.5, 0.6) is 0 Å². The zero-order valence-electron chi connectivity index (χ0n) is 10.2. The minimum Gasteiger partial charge on any atom is -0.481 e. The number of likely N-dealkylation sites (tertiary alicyclic amines) is 1. The normalized spacial score (nSPS) is 15.1. The quantitative estimate of drug-likeness (QED) is 0.699. The molecule has 1 fully saturated rings. The highest BCUT2D eigenvalue weighted by molar-refractivity contribution is 5.85. The van der Waals surface area contributed by atoms with Crippen LogP contribution in [0.4, 0.5) is 4.79 Å². The summed E-state index contributed by atoms with van der Waals surface area (Å²) in [5.41, 5.74) is 0. The van der Waals surface area contributed by atoms with Crippen LogP contribution in [0.25, 0.3) is 0 Å². The molecule has 1 rings (SSSR count). The van der Waals surface area contributed by atoms with Crippen LogP contribution < -0.4 is 0 Å². The lowest BCUT2D eigenvalue weighted by Crippen LogP contribution is -2.57. The van der Waals surface area contributed by atoms with Crippen molar-refractivity contribution in [3.05, 3.63) is 0 Å². The fraction of sp³-hybridized carbons (Fsp3) is 0.700. The molecular weight excluding hydrogens is 226 g/mol. The van der Waals surface area contributed by atoms with Crippen molar-refractivity contribution in [3.8, 4) is 0 Å². The molecule has 1 heterocycles. The summed E-state index contributed by atoms with van der Waals surface area (Å²) in [6.45, 7) is 0.434. The average Bonchev–Trinajstić information content (AvgIpc) is 2.13. The lowest BCUT2D eigenvalue weighted by atomic mass is 10.0. The molecule has 17 heavy (non-hydrogen) atoms. The van der Waals surface area contributed by atoms with E-state index in [9.17, 15) is 14.4 Å². The van der Waals surface area contributed by atoms with Crippen molar-refractivity contribution < 1.29 is 19.5 Å². The Morgan fingerprint density at radius 3 is 2.18 bits per heavy atom. The molecule has 1 aliphatic rings. The summed E-state index contributed by atoms with van der Waals surface area (Å²) in [5, 5.41) is 8.68. The third-order valence-corrected chi connectivity index (χ3v) is 2.70. The SMILES string of the molecule is CN(C)C(=O)CN(C)C(=O)N1CC(C(=O)O)C1. The molecule has 0 bridgehead atoms. The van der Waals surface area contributed by atoms with Gasteiger partial charge in [0.25, 0.3) is 0 Å². The summed E-state index contributed by atoms with van der Waals surface area (Å²) in [5.74, 6) is -1.53. The second kappa shape index (κ2) is 5.03. The summed E-state index contributed by atoms with van der Waals surface area (Å²) in [7, 11) is 4.76. The predicted octanol–water partition coefficient (Wildman–Crippen LogP) is -0.857. The Balaban J connectivity index is 2.39. The third kappa shape index (κ3) is 3.08. The highest BCUT2D eigenvalue weighted by Gasteiger charge is 2.37. The van der Waals surface area contributed by atoms with Gasteiger partial charge in [-0.2, -0.15) is 0 Å². The summed E-state index contributed by atoms with van der Waals surface area (Å²) < 4.78 is 0. The predicted molar refractivity (Wildman–Crippen MR) is 59.4 cm³/mol. The van der Waals surface area contributed by atoms with Gasteiger partial charge in [-0.15, -0.1) is 0 Å². The van der Waals surface area contributed by atoms with Gasteiger partial charge in [0.2, 0.25) is 5.91 Å². The van der Waals surface area contributed by atoms with E-state index in [2.05, 4.69) is 0 Å². The molecule has 0 aromatic carbocycles. The van der Waals surface area contributed by atoms with E-state index >= 15 is 0 Å². The standard InChI is InChI=1S/C10H17N3O4/c1-11(2)8(14)6-12(3)10(17)13-4-7(5-13)9(15)16/h7H,4-6H2,1-3H3,(H,15,16). The number of nitrogens with zero attached hydrogens (tertiary/aromatic N) is 3. The zero-order chi connectivity index (χ0) is 13.2. The van der Waals surface area contributed by atoms with Gasteiger partial charge in [-0.25, -0.2) is 4.79 Å². The Kier molecular flexibility index (Phi) is 3.93. The maximum atomic E-state index is 11.7. The Bertz CT molecular complexity index is 336. The minimum atomic E-state index is -0.888. The van der Waals surface area contributed by atoms with Crippen molar-refractivity contribution in [2.45, 2.75) is 0 Å². The number of rotatable bonds is 3.